The third-order valence-electron chi connectivity index (χ3n) is 3.69. The lowest BCUT2D eigenvalue weighted by atomic mass is 10.2. The third kappa shape index (κ3) is 4.45. The van der Waals surface area contributed by atoms with Gasteiger partial charge in [0.1, 0.15) is 15.7 Å². The van der Waals surface area contributed by atoms with Gasteiger partial charge in [-0.25, -0.2) is 14.8 Å². The fraction of sp³-hybridized carbons (Fsp3) is 0.500. The number of thioether (sulfide) groups is 1. The topological polar surface area (TPSA) is 84.0 Å². The Bertz CT molecular complexity index is 773. The lowest BCUT2D eigenvalue weighted by molar-refractivity contribution is -0.117. The molecule has 2 rings (SSSR count). The number of aryl methyl sites for hydroxylation is 3. The molecular formula is C16H22N4O2S2. The number of hydrogen-bond donors (Lipinski definition) is 2. The molecule has 0 saturated heterocycles. The number of imide groups is 1. The molecule has 2 N–H and O–H groups in total. The lowest BCUT2D eigenvalue weighted by Gasteiger charge is -2.11. The van der Waals surface area contributed by atoms with Crippen molar-refractivity contribution in [1.82, 2.24) is 20.6 Å². The van der Waals surface area contributed by atoms with Crippen LogP contribution in [0.5, 0.6) is 0 Å². The molecule has 0 saturated carbocycles. The molecule has 0 aliphatic carbocycles. The molecule has 3 amide bonds. The monoisotopic (exact) mass is 366 g/mol. The zero-order chi connectivity index (χ0) is 17.9. The highest BCUT2D eigenvalue weighted by atomic mass is 32.2. The van der Waals surface area contributed by atoms with E-state index in [1.165, 1.54) is 16.6 Å². The SMILES string of the molecule is CC[C@@H](C)NC(=O)NC(=O)CSc1nc(C)nc2sc(C)c(C)c12. The van der Waals surface area contributed by atoms with Crippen LogP contribution in [0.25, 0.3) is 10.2 Å². The maximum Gasteiger partial charge on any atom is 0.321 e. The van der Waals surface area contributed by atoms with Gasteiger partial charge in [0.25, 0.3) is 0 Å². The predicted octanol–water partition coefficient (Wildman–Crippen LogP) is 3.33. The number of rotatable bonds is 5. The minimum absolute atomic E-state index is 0.0334. The smallest absolute Gasteiger partial charge is 0.321 e. The minimum Gasteiger partial charge on any atom is -0.335 e. The summed E-state index contributed by atoms with van der Waals surface area (Å²) in [5.41, 5.74) is 1.15. The number of carbonyl (C=O) groups is 2. The average molecular weight is 367 g/mol. The molecule has 8 heteroatoms. The van der Waals surface area contributed by atoms with E-state index in [2.05, 4.69) is 27.5 Å². The van der Waals surface area contributed by atoms with Gasteiger partial charge in [0, 0.05) is 16.3 Å². The molecule has 6 nitrogen and oxygen atoms in total. The van der Waals surface area contributed by atoms with Crippen LogP contribution >= 0.6 is 23.1 Å². The maximum absolute atomic E-state index is 12.0. The second-order valence-electron chi connectivity index (χ2n) is 5.66. The Labute approximate surface area is 149 Å². The molecule has 0 spiro atoms. The van der Waals surface area contributed by atoms with E-state index in [4.69, 9.17) is 0 Å². The van der Waals surface area contributed by atoms with Crippen molar-refractivity contribution in [3.8, 4) is 0 Å². The molecular weight excluding hydrogens is 344 g/mol. The molecule has 24 heavy (non-hydrogen) atoms. The number of thiophene rings is 1. The van der Waals surface area contributed by atoms with E-state index in [1.807, 2.05) is 27.7 Å². The molecule has 2 heterocycles. The van der Waals surface area contributed by atoms with E-state index in [-0.39, 0.29) is 17.7 Å². The van der Waals surface area contributed by atoms with Gasteiger partial charge >= 0.3 is 6.03 Å². The Hall–Kier alpha value is -1.67. The number of fused-ring (bicyclic) bond motifs is 1. The Kier molecular flexibility index (Phi) is 6.17. The Morgan fingerprint density at radius 2 is 1.96 bits per heavy atom. The molecule has 0 fully saturated rings. The highest BCUT2D eigenvalue weighted by Gasteiger charge is 2.16. The van der Waals surface area contributed by atoms with Gasteiger partial charge in [-0.1, -0.05) is 18.7 Å². The first kappa shape index (κ1) is 18.7. The summed E-state index contributed by atoms with van der Waals surface area (Å²) < 4.78 is 0. The second kappa shape index (κ2) is 7.94. The van der Waals surface area contributed by atoms with Crippen LogP contribution in [0, 0.1) is 20.8 Å². The van der Waals surface area contributed by atoms with Crippen LogP contribution in [0.1, 0.15) is 36.5 Å². The van der Waals surface area contributed by atoms with Crippen LogP contribution in [-0.4, -0.2) is 33.7 Å². The predicted molar refractivity (Wildman–Crippen MR) is 98.8 cm³/mol. The zero-order valence-electron chi connectivity index (χ0n) is 14.5. The van der Waals surface area contributed by atoms with Gasteiger partial charge in [0.2, 0.25) is 5.91 Å². The Balaban J connectivity index is 2.05. The summed E-state index contributed by atoms with van der Waals surface area (Å²) in [4.78, 5) is 34.7. The van der Waals surface area contributed by atoms with E-state index in [0.717, 1.165) is 27.2 Å². The highest BCUT2D eigenvalue weighted by Crippen LogP contribution is 2.34. The van der Waals surface area contributed by atoms with Gasteiger partial charge in [-0.05, 0) is 39.7 Å². The van der Waals surface area contributed by atoms with Crippen LogP contribution in [0.15, 0.2) is 5.03 Å². The minimum atomic E-state index is -0.457. The molecule has 0 aliphatic heterocycles. The van der Waals surface area contributed by atoms with Crippen molar-refractivity contribution in [2.45, 2.75) is 52.1 Å². The fourth-order valence-electron chi connectivity index (χ4n) is 2.08. The number of urea groups is 1. The van der Waals surface area contributed by atoms with E-state index in [1.54, 1.807) is 11.3 Å². The molecule has 0 unspecified atom stereocenters. The standard InChI is InChI=1S/C16H22N4O2S2/c1-6-8(2)17-16(22)20-12(21)7-23-14-13-9(3)10(4)24-15(13)19-11(5)18-14/h8H,6-7H2,1-5H3,(H2,17,20,21,22)/t8-/m1/s1. The van der Waals surface area contributed by atoms with Crippen molar-refractivity contribution in [2.75, 3.05) is 5.75 Å². The van der Waals surface area contributed by atoms with Gasteiger partial charge in [-0.15, -0.1) is 11.3 Å². The first-order chi connectivity index (χ1) is 11.3. The summed E-state index contributed by atoms with van der Waals surface area (Å²) in [6.07, 6.45) is 0.811. The van der Waals surface area contributed by atoms with Crippen LogP contribution in [0.4, 0.5) is 4.79 Å². The fourth-order valence-corrected chi connectivity index (χ4v) is 4.15. The van der Waals surface area contributed by atoms with E-state index in [0.29, 0.717) is 5.82 Å². The number of nitrogens with one attached hydrogen (secondary N) is 2. The van der Waals surface area contributed by atoms with Gasteiger partial charge in [0.05, 0.1) is 5.75 Å². The summed E-state index contributed by atoms with van der Waals surface area (Å²) in [7, 11) is 0. The van der Waals surface area contributed by atoms with Gasteiger partial charge in [0.15, 0.2) is 0 Å². The van der Waals surface area contributed by atoms with E-state index >= 15 is 0 Å². The lowest BCUT2D eigenvalue weighted by Crippen LogP contribution is -2.43. The van der Waals surface area contributed by atoms with Crippen LogP contribution < -0.4 is 10.6 Å². The Morgan fingerprint density at radius 1 is 1.25 bits per heavy atom. The van der Waals surface area contributed by atoms with Crippen molar-refractivity contribution in [3.63, 3.8) is 0 Å². The molecule has 0 bridgehead atoms. The quantitative estimate of drug-likeness (QED) is 0.626. The van der Waals surface area contributed by atoms with Gasteiger partial charge in [-0.2, -0.15) is 0 Å². The maximum atomic E-state index is 12.0. The molecule has 130 valence electrons. The third-order valence-corrected chi connectivity index (χ3v) is 5.77. The molecule has 2 aromatic rings. The summed E-state index contributed by atoms with van der Waals surface area (Å²) in [6.45, 7) is 9.79. The summed E-state index contributed by atoms with van der Waals surface area (Å²) in [6, 6.07) is -0.424. The second-order valence-corrected chi connectivity index (χ2v) is 7.83. The molecule has 0 aromatic carbocycles. The molecule has 1 atom stereocenters. The largest absolute Gasteiger partial charge is 0.335 e. The van der Waals surface area contributed by atoms with Crippen LogP contribution in [-0.2, 0) is 4.79 Å². The summed E-state index contributed by atoms with van der Waals surface area (Å²) in [5, 5.41) is 6.85. The van der Waals surface area contributed by atoms with Crippen molar-refractivity contribution < 1.29 is 9.59 Å². The van der Waals surface area contributed by atoms with Crippen LogP contribution in [0.2, 0.25) is 0 Å². The number of amides is 3. The normalized spacial score (nSPS) is 12.2. The highest BCUT2D eigenvalue weighted by molar-refractivity contribution is 8.00. The van der Waals surface area contributed by atoms with E-state index in [9.17, 15) is 9.59 Å². The van der Waals surface area contributed by atoms with Crippen molar-refractivity contribution in [1.29, 1.82) is 0 Å². The zero-order valence-corrected chi connectivity index (χ0v) is 16.2. The van der Waals surface area contributed by atoms with Crippen molar-refractivity contribution in [2.24, 2.45) is 0 Å². The van der Waals surface area contributed by atoms with Crippen LogP contribution in [0.3, 0.4) is 0 Å². The van der Waals surface area contributed by atoms with E-state index < -0.39 is 6.03 Å². The number of aromatic nitrogens is 2. The number of nitrogens with zero attached hydrogens (tertiary/aromatic N) is 2. The first-order valence-corrected chi connectivity index (χ1v) is 9.59. The number of hydrogen-bond acceptors (Lipinski definition) is 6. The molecule has 0 aliphatic rings. The summed E-state index contributed by atoms with van der Waals surface area (Å²) >= 11 is 2.96. The van der Waals surface area contributed by atoms with Crippen molar-refractivity contribution >= 4 is 45.3 Å². The van der Waals surface area contributed by atoms with Gasteiger partial charge < -0.3 is 5.32 Å². The molecule has 0 radical (unpaired) electrons. The Morgan fingerprint density at radius 3 is 2.62 bits per heavy atom. The van der Waals surface area contributed by atoms with Crippen molar-refractivity contribution in [3.05, 3.63) is 16.3 Å². The summed E-state index contributed by atoms with van der Waals surface area (Å²) in [5.74, 6) is 0.476. The van der Waals surface area contributed by atoms with Gasteiger partial charge in [-0.3, -0.25) is 10.1 Å². The first-order valence-electron chi connectivity index (χ1n) is 7.79. The average Bonchev–Trinajstić information content (AvgIpc) is 2.79. The number of carbonyl (C=O) groups excluding carboxylic acids is 2. The molecule has 2 aromatic heterocycles.